The Morgan fingerprint density at radius 3 is 2.52 bits per heavy atom. The number of hydrogen-bond donors (Lipinski definition) is 1. The normalized spacial score (nSPS) is 10.0. The number of ether oxygens (including phenoxy) is 2. The van der Waals surface area contributed by atoms with Gasteiger partial charge in [-0.1, -0.05) is 18.2 Å². The molecule has 0 aliphatic carbocycles. The molecular weight excluding hydrogens is 274 g/mol. The number of para-hydroxylation sites is 1. The van der Waals surface area contributed by atoms with E-state index >= 15 is 0 Å². The Hall–Kier alpha value is -2.08. The first-order valence-electron chi connectivity index (χ1n) is 6.89. The number of benzene rings is 1. The average molecular weight is 295 g/mol. The van der Waals surface area contributed by atoms with Crippen LogP contribution in [0.5, 0.6) is 5.75 Å². The summed E-state index contributed by atoms with van der Waals surface area (Å²) in [4.78, 5) is 24.7. The highest BCUT2D eigenvalue weighted by atomic mass is 16.5. The van der Waals surface area contributed by atoms with Gasteiger partial charge < -0.3 is 19.5 Å². The molecule has 0 fully saturated rings. The minimum atomic E-state index is -0.364. The minimum absolute atomic E-state index is 0.102. The number of hydrogen-bond acceptors (Lipinski definition) is 5. The van der Waals surface area contributed by atoms with E-state index in [0.717, 1.165) is 0 Å². The molecule has 1 aromatic carbocycles. The molecule has 6 heteroatoms. The van der Waals surface area contributed by atoms with Crippen LogP contribution in [0.25, 0.3) is 0 Å². The van der Waals surface area contributed by atoms with E-state index in [4.69, 9.17) is 14.6 Å². The molecule has 0 aliphatic heterocycles. The van der Waals surface area contributed by atoms with Gasteiger partial charge in [-0.25, -0.2) is 0 Å². The van der Waals surface area contributed by atoms with Gasteiger partial charge in [-0.15, -0.1) is 0 Å². The number of aliphatic hydroxyl groups excluding tert-OH is 1. The van der Waals surface area contributed by atoms with Crippen molar-refractivity contribution in [1.29, 1.82) is 0 Å². The number of nitrogens with zero attached hydrogens (tertiary/aromatic N) is 1. The van der Waals surface area contributed by atoms with Crippen molar-refractivity contribution in [2.45, 2.75) is 13.3 Å². The van der Waals surface area contributed by atoms with Crippen molar-refractivity contribution in [2.75, 3.05) is 32.9 Å². The van der Waals surface area contributed by atoms with Gasteiger partial charge in [0, 0.05) is 13.1 Å². The molecule has 0 aliphatic rings. The van der Waals surface area contributed by atoms with Gasteiger partial charge in [0.15, 0.2) is 6.61 Å². The van der Waals surface area contributed by atoms with Crippen molar-refractivity contribution < 1.29 is 24.2 Å². The Balaban J connectivity index is 2.43. The first-order chi connectivity index (χ1) is 10.2. The Morgan fingerprint density at radius 1 is 1.19 bits per heavy atom. The lowest BCUT2D eigenvalue weighted by Crippen LogP contribution is -2.38. The summed E-state index contributed by atoms with van der Waals surface area (Å²) in [5.74, 6) is -0.0467. The maximum Gasteiger partial charge on any atom is 0.307 e. The number of aliphatic hydroxyl groups is 1. The van der Waals surface area contributed by atoms with Gasteiger partial charge in [-0.3, -0.25) is 9.59 Å². The van der Waals surface area contributed by atoms with Crippen LogP contribution in [0.15, 0.2) is 30.3 Å². The lowest BCUT2D eigenvalue weighted by atomic mass is 10.3. The molecule has 0 saturated carbocycles. The van der Waals surface area contributed by atoms with Crippen LogP contribution in [-0.2, 0) is 14.3 Å². The van der Waals surface area contributed by atoms with Gasteiger partial charge in [0.2, 0.25) is 0 Å². The summed E-state index contributed by atoms with van der Waals surface area (Å²) in [7, 11) is 0. The zero-order valence-corrected chi connectivity index (χ0v) is 12.2. The van der Waals surface area contributed by atoms with E-state index in [-0.39, 0.29) is 44.6 Å². The Bertz CT molecular complexity index is 435. The number of amides is 1. The van der Waals surface area contributed by atoms with Crippen LogP contribution < -0.4 is 4.74 Å². The second-order valence-electron chi connectivity index (χ2n) is 4.26. The standard InChI is InChI=1S/C15H21NO5/c1-2-20-15(19)8-9-16(10-11-17)14(18)12-21-13-6-4-3-5-7-13/h3-7,17H,2,8-12H2,1H3. The number of carbonyl (C=O) groups excluding carboxylic acids is 2. The summed E-state index contributed by atoms with van der Waals surface area (Å²) in [6.45, 7) is 2.10. The quantitative estimate of drug-likeness (QED) is 0.683. The zero-order chi connectivity index (χ0) is 15.5. The summed E-state index contributed by atoms with van der Waals surface area (Å²) < 4.78 is 10.2. The average Bonchev–Trinajstić information content (AvgIpc) is 2.50. The van der Waals surface area contributed by atoms with Crippen LogP contribution in [0.1, 0.15) is 13.3 Å². The molecule has 21 heavy (non-hydrogen) atoms. The fraction of sp³-hybridized carbons (Fsp3) is 0.467. The van der Waals surface area contributed by atoms with E-state index in [2.05, 4.69) is 0 Å². The lowest BCUT2D eigenvalue weighted by molar-refractivity contribution is -0.144. The SMILES string of the molecule is CCOC(=O)CCN(CCO)C(=O)COc1ccccc1. The molecule has 0 spiro atoms. The molecule has 0 heterocycles. The Kier molecular flexibility index (Phi) is 7.89. The van der Waals surface area contributed by atoms with Crippen molar-refractivity contribution in [3.05, 3.63) is 30.3 Å². The molecule has 0 atom stereocenters. The summed E-state index contributed by atoms with van der Waals surface area (Å²) in [6.07, 6.45) is 0.102. The van der Waals surface area contributed by atoms with Crippen LogP contribution in [-0.4, -0.2) is 54.8 Å². The molecule has 1 rings (SSSR count). The smallest absolute Gasteiger partial charge is 0.307 e. The van der Waals surface area contributed by atoms with Crippen LogP contribution >= 0.6 is 0 Å². The van der Waals surface area contributed by atoms with Gasteiger partial charge >= 0.3 is 5.97 Å². The second-order valence-corrected chi connectivity index (χ2v) is 4.26. The lowest BCUT2D eigenvalue weighted by Gasteiger charge is -2.21. The van der Waals surface area contributed by atoms with Crippen molar-refractivity contribution in [3.8, 4) is 5.75 Å². The second kappa shape index (κ2) is 9.77. The number of carbonyl (C=O) groups is 2. The van der Waals surface area contributed by atoms with E-state index < -0.39 is 0 Å². The van der Waals surface area contributed by atoms with Gasteiger partial charge in [0.25, 0.3) is 5.91 Å². The van der Waals surface area contributed by atoms with Gasteiger partial charge in [-0.2, -0.15) is 0 Å². The van der Waals surface area contributed by atoms with Crippen LogP contribution in [0.2, 0.25) is 0 Å². The maximum atomic E-state index is 12.0. The molecule has 6 nitrogen and oxygen atoms in total. The van der Waals surface area contributed by atoms with Gasteiger partial charge in [-0.05, 0) is 19.1 Å². The topological polar surface area (TPSA) is 76.1 Å². The third-order valence-corrected chi connectivity index (χ3v) is 2.72. The third kappa shape index (κ3) is 6.76. The van der Waals surface area contributed by atoms with Gasteiger partial charge in [0.1, 0.15) is 5.75 Å². The van der Waals surface area contributed by atoms with E-state index in [1.807, 2.05) is 18.2 Å². The van der Waals surface area contributed by atoms with Crippen molar-refractivity contribution in [3.63, 3.8) is 0 Å². The molecule has 0 aromatic heterocycles. The third-order valence-electron chi connectivity index (χ3n) is 2.72. The van der Waals surface area contributed by atoms with Crippen molar-refractivity contribution in [1.82, 2.24) is 4.90 Å². The predicted molar refractivity (Wildman–Crippen MR) is 76.9 cm³/mol. The molecule has 0 bridgehead atoms. The maximum absolute atomic E-state index is 12.0. The minimum Gasteiger partial charge on any atom is -0.484 e. The van der Waals surface area contributed by atoms with Crippen LogP contribution in [0.3, 0.4) is 0 Å². The van der Waals surface area contributed by atoms with E-state index in [1.54, 1.807) is 19.1 Å². The Labute approximate surface area is 124 Å². The Morgan fingerprint density at radius 2 is 1.90 bits per heavy atom. The fourth-order valence-electron chi connectivity index (χ4n) is 1.69. The molecule has 1 N–H and O–H groups in total. The van der Waals surface area contributed by atoms with E-state index in [0.29, 0.717) is 12.4 Å². The molecular formula is C15H21NO5. The highest BCUT2D eigenvalue weighted by Gasteiger charge is 2.15. The molecule has 0 unspecified atom stereocenters. The summed E-state index contributed by atoms with van der Waals surface area (Å²) >= 11 is 0. The first-order valence-corrected chi connectivity index (χ1v) is 6.89. The van der Waals surface area contributed by atoms with E-state index in [9.17, 15) is 9.59 Å². The zero-order valence-electron chi connectivity index (χ0n) is 12.2. The van der Waals surface area contributed by atoms with Crippen LogP contribution in [0, 0.1) is 0 Å². The summed E-state index contributed by atoms with van der Waals surface area (Å²) in [5, 5.41) is 8.99. The van der Waals surface area contributed by atoms with Crippen molar-refractivity contribution >= 4 is 11.9 Å². The first kappa shape index (κ1) is 17.0. The predicted octanol–water partition coefficient (Wildman–Crippen LogP) is 0.839. The largest absolute Gasteiger partial charge is 0.484 e. The highest BCUT2D eigenvalue weighted by molar-refractivity contribution is 5.78. The molecule has 1 aromatic rings. The monoisotopic (exact) mass is 295 g/mol. The molecule has 0 saturated heterocycles. The molecule has 116 valence electrons. The summed E-state index contributed by atoms with van der Waals surface area (Å²) in [6, 6.07) is 8.98. The summed E-state index contributed by atoms with van der Waals surface area (Å²) in [5.41, 5.74) is 0. The molecule has 0 radical (unpaired) electrons. The fourth-order valence-corrected chi connectivity index (χ4v) is 1.69. The number of rotatable bonds is 9. The highest BCUT2D eigenvalue weighted by Crippen LogP contribution is 2.08. The molecule has 1 amide bonds. The van der Waals surface area contributed by atoms with Crippen LogP contribution in [0.4, 0.5) is 0 Å². The van der Waals surface area contributed by atoms with E-state index in [1.165, 1.54) is 4.90 Å². The van der Waals surface area contributed by atoms with Gasteiger partial charge in [0.05, 0.1) is 19.6 Å². The van der Waals surface area contributed by atoms with Crippen molar-refractivity contribution in [2.24, 2.45) is 0 Å². The number of esters is 1.